The molecule has 1 fully saturated rings. The van der Waals surface area contributed by atoms with Gasteiger partial charge in [-0.3, -0.25) is 19.8 Å². The van der Waals surface area contributed by atoms with Crippen molar-refractivity contribution in [2.45, 2.75) is 27.2 Å². The van der Waals surface area contributed by atoms with Crippen molar-refractivity contribution < 1.29 is 19.5 Å². The Balaban J connectivity index is 1.88. The quantitative estimate of drug-likeness (QED) is 0.774. The first-order chi connectivity index (χ1) is 11.8. The van der Waals surface area contributed by atoms with E-state index >= 15 is 0 Å². The van der Waals surface area contributed by atoms with E-state index in [1.165, 1.54) is 0 Å². The molecule has 7 nitrogen and oxygen atoms in total. The fraction of sp³-hybridized carbons (Fsp3) is 0.500. The lowest BCUT2D eigenvalue weighted by molar-refractivity contribution is -0.145. The molecule has 2 rings (SSSR count). The maximum Gasteiger partial charge on any atom is 0.325 e. The van der Waals surface area contributed by atoms with Crippen LogP contribution in [-0.2, 0) is 9.59 Å². The summed E-state index contributed by atoms with van der Waals surface area (Å²) in [6, 6.07) is 4.97. The van der Waals surface area contributed by atoms with Gasteiger partial charge in [-0.2, -0.15) is 0 Å². The number of hydrogen-bond donors (Lipinski definition) is 3. The van der Waals surface area contributed by atoms with E-state index in [4.69, 9.17) is 0 Å². The third-order valence-corrected chi connectivity index (χ3v) is 4.56. The number of carboxylic acids is 1. The van der Waals surface area contributed by atoms with Crippen LogP contribution < -0.4 is 10.6 Å². The number of aryl methyl sites for hydroxylation is 1. The minimum atomic E-state index is -0.843. The maximum atomic E-state index is 12.1. The molecule has 1 aromatic rings. The number of amides is 3. The van der Waals surface area contributed by atoms with E-state index in [1.54, 1.807) is 11.0 Å². The van der Waals surface area contributed by atoms with Gasteiger partial charge in [-0.25, -0.2) is 4.79 Å². The van der Waals surface area contributed by atoms with Crippen LogP contribution in [0, 0.1) is 25.7 Å². The molecule has 0 spiro atoms. The van der Waals surface area contributed by atoms with Gasteiger partial charge in [0.05, 0.1) is 12.5 Å². The van der Waals surface area contributed by atoms with Crippen molar-refractivity contribution in [1.29, 1.82) is 0 Å². The highest BCUT2D eigenvalue weighted by Gasteiger charge is 2.30. The van der Waals surface area contributed by atoms with Crippen molar-refractivity contribution in [2.75, 3.05) is 25.0 Å². The Bertz CT molecular complexity index is 674. The van der Waals surface area contributed by atoms with Crippen molar-refractivity contribution in [3.05, 3.63) is 29.3 Å². The number of imide groups is 1. The second-order valence-electron chi connectivity index (χ2n) is 6.82. The van der Waals surface area contributed by atoms with E-state index in [-0.39, 0.29) is 12.5 Å². The number of carbonyl (C=O) groups is 3. The number of rotatable bonds is 4. The molecular formula is C18H25N3O4. The number of likely N-dealkylation sites (tertiary alicyclic amines) is 1. The van der Waals surface area contributed by atoms with Gasteiger partial charge in [0.25, 0.3) is 0 Å². The first-order valence-corrected chi connectivity index (χ1v) is 8.38. The number of nitrogens with one attached hydrogen (secondary N) is 2. The topological polar surface area (TPSA) is 98.7 Å². The summed E-state index contributed by atoms with van der Waals surface area (Å²) in [4.78, 5) is 37.1. The van der Waals surface area contributed by atoms with Gasteiger partial charge in [-0.15, -0.1) is 0 Å². The Morgan fingerprint density at radius 3 is 2.64 bits per heavy atom. The van der Waals surface area contributed by atoms with Gasteiger partial charge in [0.15, 0.2) is 0 Å². The van der Waals surface area contributed by atoms with Crippen LogP contribution in [0.3, 0.4) is 0 Å². The van der Waals surface area contributed by atoms with Crippen LogP contribution in [-0.4, -0.2) is 47.5 Å². The standard InChI is InChI=1S/C18H25N3O4/c1-11-7-14(17(23)24)9-21(8-11)10-16(22)20-18(25)19-15-6-4-5-12(2)13(15)3/h4-6,11,14H,7-10H2,1-3H3,(H,23,24)(H2,19,20,22,25). The normalized spacial score (nSPS) is 20.8. The molecule has 3 N–H and O–H groups in total. The van der Waals surface area contributed by atoms with Gasteiger partial charge < -0.3 is 10.4 Å². The van der Waals surface area contributed by atoms with Crippen LogP contribution in [0.15, 0.2) is 18.2 Å². The highest BCUT2D eigenvalue weighted by Crippen LogP contribution is 2.21. The molecule has 1 aliphatic rings. The van der Waals surface area contributed by atoms with E-state index < -0.39 is 23.8 Å². The van der Waals surface area contributed by atoms with Gasteiger partial charge in [0.2, 0.25) is 5.91 Å². The molecule has 3 amide bonds. The van der Waals surface area contributed by atoms with Crippen LogP contribution >= 0.6 is 0 Å². The van der Waals surface area contributed by atoms with Crippen LogP contribution in [0.5, 0.6) is 0 Å². The number of carbonyl (C=O) groups excluding carboxylic acids is 2. The fourth-order valence-electron chi connectivity index (χ4n) is 3.18. The molecule has 25 heavy (non-hydrogen) atoms. The number of benzene rings is 1. The monoisotopic (exact) mass is 347 g/mol. The van der Waals surface area contributed by atoms with Gasteiger partial charge >= 0.3 is 12.0 Å². The summed E-state index contributed by atoms with van der Waals surface area (Å²) in [5.41, 5.74) is 2.65. The van der Waals surface area contributed by atoms with Crippen molar-refractivity contribution >= 4 is 23.6 Å². The second kappa shape index (κ2) is 8.11. The summed E-state index contributed by atoms with van der Waals surface area (Å²) < 4.78 is 0. The summed E-state index contributed by atoms with van der Waals surface area (Å²) in [7, 11) is 0. The van der Waals surface area contributed by atoms with E-state index in [0.717, 1.165) is 11.1 Å². The summed E-state index contributed by atoms with van der Waals surface area (Å²) >= 11 is 0. The predicted octanol–water partition coefficient (Wildman–Crippen LogP) is 1.99. The zero-order valence-corrected chi connectivity index (χ0v) is 14.8. The SMILES string of the molecule is Cc1cccc(NC(=O)NC(=O)CN2CC(C)CC(C(=O)O)C2)c1C. The van der Waals surface area contributed by atoms with Gasteiger partial charge in [-0.1, -0.05) is 19.1 Å². The molecule has 0 saturated carbocycles. The molecular weight excluding hydrogens is 322 g/mol. The third kappa shape index (κ3) is 5.29. The Morgan fingerprint density at radius 1 is 1.24 bits per heavy atom. The fourth-order valence-corrected chi connectivity index (χ4v) is 3.18. The molecule has 1 aromatic carbocycles. The Morgan fingerprint density at radius 2 is 1.96 bits per heavy atom. The molecule has 0 aromatic heterocycles. The molecule has 1 saturated heterocycles. The van der Waals surface area contributed by atoms with E-state index in [9.17, 15) is 19.5 Å². The Hall–Kier alpha value is -2.41. The number of aliphatic carboxylic acids is 1. The zero-order valence-electron chi connectivity index (χ0n) is 14.8. The van der Waals surface area contributed by atoms with Crippen molar-refractivity contribution in [2.24, 2.45) is 11.8 Å². The molecule has 136 valence electrons. The number of carboxylic acid groups (broad SMARTS) is 1. The molecule has 2 atom stereocenters. The predicted molar refractivity (Wildman–Crippen MR) is 94.4 cm³/mol. The van der Waals surface area contributed by atoms with Crippen LogP contribution in [0.25, 0.3) is 0 Å². The zero-order chi connectivity index (χ0) is 18.6. The number of nitrogens with zero attached hydrogens (tertiary/aromatic N) is 1. The third-order valence-electron chi connectivity index (χ3n) is 4.56. The van der Waals surface area contributed by atoms with Crippen molar-refractivity contribution in [3.63, 3.8) is 0 Å². The minimum absolute atomic E-state index is 0.00827. The van der Waals surface area contributed by atoms with Crippen LogP contribution in [0.4, 0.5) is 10.5 Å². The van der Waals surface area contributed by atoms with E-state index in [0.29, 0.717) is 25.2 Å². The number of piperidine rings is 1. The summed E-state index contributed by atoms with van der Waals surface area (Å²) in [6.45, 7) is 6.79. The summed E-state index contributed by atoms with van der Waals surface area (Å²) in [5, 5.41) is 14.1. The van der Waals surface area contributed by atoms with Gasteiger partial charge in [0.1, 0.15) is 0 Å². The van der Waals surface area contributed by atoms with Crippen LogP contribution in [0.1, 0.15) is 24.5 Å². The number of urea groups is 1. The largest absolute Gasteiger partial charge is 0.481 e. The van der Waals surface area contributed by atoms with E-state index in [2.05, 4.69) is 10.6 Å². The smallest absolute Gasteiger partial charge is 0.325 e. The van der Waals surface area contributed by atoms with E-state index in [1.807, 2.05) is 32.9 Å². The molecule has 2 unspecified atom stereocenters. The average Bonchev–Trinajstić information content (AvgIpc) is 2.51. The van der Waals surface area contributed by atoms with Crippen molar-refractivity contribution in [3.8, 4) is 0 Å². The molecule has 0 aliphatic carbocycles. The first kappa shape index (κ1) is 18.9. The average molecular weight is 347 g/mol. The van der Waals surface area contributed by atoms with Crippen molar-refractivity contribution in [1.82, 2.24) is 10.2 Å². The molecule has 0 bridgehead atoms. The van der Waals surface area contributed by atoms with Gasteiger partial charge in [0, 0.05) is 18.8 Å². The first-order valence-electron chi connectivity index (χ1n) is 8.38. The summed E-state index contributed by atoms with van der Waals surface area (Å²) in [6.07, 6.45) is 0.612. The van der Waals surface area contributed by atoms with Gasteiger partial charge in [-0.05, 0) is 43.4 Å². The van der Waals surface area contributed by atoms with Crippen LogP contribution in [0.2, 0.25) is 0 Å². The Labute approximate surface area is 147 Å². The lowest BCUT2D eigenvalue weighted by Gasteiger charge is -2.33. The highest BCUT2D eigenvalue weighted by atomic mass is 16.4. The summed E-state index contributed by atoms with van der Waals surface area (Å²) in [5.74, 6) is -1.56. The Kier molecular flexibility index (Phi) is 6.14. The number of hydrogen-bond acceptors (Lipinski definition) is 4. The minimum Gasteiger partial charge on any atom is -0.481 e. The number of anilines is 1. The maximum absolute atomic E-state index is 12.1. The lowest BCUT2D eigenvalue weighted by Crippen LogP contribution is -2.48. The molecule has 1 aliphatic heterocycles. The highest BCUT2D eigenvalue weighted by molar-refractivity contribution is 6.02. The molecule has 0 radical (unpaired) electrons. The molecule has 1 heterocycles. The second-order valence-corrected chi connectivity index (χ2v) is 6.82. The molecule has 7 heteroatoms. The lowest BCUT2D eigenvalue weighted by atomic mass is 9.90.